The molecular formula is C14H24N2O4. The number of aliphatic hydroxyl groups excluding tert-OH is 2. The third-order valence-electron chi connectivity index (χ3n) is 3.14. The van der Waals surface area contributed by atoms with Crippen LogP contribution >= 0.6 is 0 Å². The molecule has 2 N–H and O–H groups in total. The van der Waals surface area contributed by atoms with Crippen LogP contribution in [0.15, 0.2) is 25.6 Å². The van der Waals surface area contributed by atoms with Crippen molar-refractivity contribution in [2.24, 2.45) is 0 Å². The molecule has 0 aliphatic heterocycles. The highest BCUT2D eigenvalue weighted by molar-refractivity contribution is 5.54. The van der Waals surface area contributed by atoms with E-state index in [0.29, 0.717) is 32.1 Å². The standard InChI is InChI=1S/C14H24N2O4/c1-4-12(19)7-8-13(20)9-14(15(5-2)10-17)16(6-3)11-18/h5-6,10-14,19-20H,2-4,7-9H2,1H3. The van der Waals surface area contributed by atoms with E-state index in [0.717, 1.165) is 0 Å². The van der Waals surface area contributed by atoms with Crippen LogP contribution in [0.3, 0.4) is 0 Å². The second-order valence-corrected chi connectivity index (χ2v) is 4.48. The molecule has 0 rings (SSSR count). The fourth-order valence-electron chi connectivity index (χ4n) is 1.82. The Balaban J connectivity index is 4.70. The van der Waals surface area contributed by atoms with Gasteiger partial charge in [0.15, 0.2) is 0 Å². The van der Waals surface area contributed by atoms with Crippen molar-refractivity contribution in [2.45, 2.75) is 51.0 Å². The number of rotatable bonds is 12. The molecule has 20 heavy (non-hydrogen) atoms. The van der Waals surface area contributed by atoms with Gasteiger partial charge in [0.25, 0.3) is 0 Å². The SMILES string of the molecule is C=CN(C=O)C(CC(O)CCC(O)CC)N(C=C)C=O. The quantitative estimate of drug-likeness (QED) is 0.410. The first-order valence-corrected chi connectivity index (χ1v) is 6.60. The molecule has 0 aliphatic carbocycles. The summed E-state index contributed by atoms with van der Waals surface area (Å²) in [5.41, 5.74) is 0. The second kappa shape index (κ2) is 10.2. The van der Waals surface area contributed by atoms with Gasteiger partial charge < -0.3 is 20.0 Å². The number of carbonyl (C=O) groups is 2. The molecule has 0 heterocycles. The van der Waals surface area contributed by atoms with Crippen molar-refractivity contribution in [2.75, 3.05) is 0 Å². The van der Waals surface area contributed by atoms with Crippen molar-refractivity contribution < 1.29 is 19.8 Å². The van der Waals surface area contributed by atoms with E-state index in [1.165, 1.54) is 22.2 Å². The van der Waals surface area contributed by atoms with Gasteiger partial charge in [0.1, 0.15) is 6.17 Å². The van der Waals surface area contributed by atoms with Gasteiger partial charge in [-0.2, -0.15) is 0 Å². The molecule has 0 radical (unpaired) electrons. The first-order valence-electron chi connectivity index (χ1n) is 6.60. The lowest BCUT2D eigenvalue weighted by atomic mass is 10.0. The lowest BCUT2D eigenvalue weighted by Crippen LogP contribution is -2.44. The van der Waals surface area contributed by atoms with Gasteiger partial charge in [0, 0.05) is 18.8 Å². The molecule has 2 unspecified atom stereocenters. The third kappa shape index (κ3) is 5.99. The van der Waals surface area contributed by atoms with Crippen LogP contribution in [0.1, 0.15) is 32.6 Å². The molecule has 2 atom stereocenters. The van der Waals surface area contributed by atoms with Gasteiger partial charge in [-0.25, -0.2) is 0 Å². The highest BCUT2D eigenvalue weighted by atomic mass is 16.3. The molecule has 0 saturated heterocycles. The Morgan fingerprint density at radius 3 is 1.80 bits per heavy atom. The highest BCUT2D eigenvalue weighted by Crippen LogP contribution is 2.15. The summed E-state index contributed by atoms with van der Waals surface area (Å²) in [6, 6.07) is 0. The molecule has 0 fully saturated rings. The molecule has 6 nitrogen and oxygen atoms in total. The van der Waals surface area contributed by atoms with E-state index in [1.807, 2.05) is 6.92 Å². The maximum Gasteiger partial charge on any atom is 0.215 e. The molecule has 0 aliphatic rings. The zero-order valence-corrected chi connectivity index (χ0v) is 11.9. The summed E-state index contributed by atoms with van der Waals surface area (Å²) in [5.74, 6) is 0. The number of hydrogen-bond donors (Lipinski definition) is 2. The van der Waals surface area contributed by atoms with E-state index in [-0.39, 0.29) is 6.42 Å². The van der Waals surface area contributed by atoms with Gasteiger partial charge >= 0.3 is 0 Å². The van der Waals surface area contributed by atoms with Crippen LogP contribution < -0.4 is 0 Å². The van der Waals surface area contributed by atoms with E-state index in [9.17, 15) is 19.8 Å². The third-order valence-corrected chi connectivity index (χ3v) is 3.14. The second-order valence-electron chi connectivity index (χ2n) is 4.48. The average Bonchev–Trinajstić information content (AvgIpc) is 2.46. The highest BCUT2D eigenvalue weighted by Gasteiger charge is 2.23. The normalized spacial score (nSPS) is 13.4. The fourth-order valence-corrected chi connectivity index (χ4v) is 1.82. The molecule has 0 spiro atoms. The summed E-state index contributed by atoms with van der Waals surface area (Å²) in [4.78, 5) is 24.3. The summed E-state index contributed by atoms with van der Waals surface area (Å²) in [5, 5.41) is 19.4. The minimum atomic E-state index is -0.744. The Hall–Kier alpha value is -1.66. The Bertz CT molecular complexity index is 286. The Labute approximate surface area is 120 Å². The number of amides is 2. The van der Waals surface area contributed by atoms with Crippen LogP contribution in [0.4, 0.5) is 0 Å². The van der Waals surface area contributed by atoms with Crippen LogP contribution in [0.2, 0.25) is 0 Å². The molecule has 0 bridgehead atoms. The average molecular weight is 284 g/mol. The summed E-state index contributed by atoms with van der Waals surface area (Å²) in [6.07, 6.45) is 3.40. The molecule has 0 aromatic rings. The zero-order valence-electron chi connectivity index (χ0n) is 11.9. The van der Waals surface area contributed by atoms with Crippen LogP contribution in [0.25, 0.3) is 0 Å². The molecule has 0 saturated carbocycles. The van der Waals surface area contributed by atoms with Crippen molar-refractivity contribution in [3.63, 3.8) is 0 Å². The van der Waals surface area contributed by atoms with Crippen LogP contribution in [0.5, 0.6) is 0 Å². The van der Waals surface area contributed by atoms with Crippen molar-refractivity contribution in [3.8, 4) is 0 Å². The van der Waals surface area contributed by atoms with Crippen molar-refractivity contribution in [3.05, 3.63) is 25.6 Å². The largest absolute Gasteiger partial charge is 0.393 e. The van der Waals surface area contributed by atoms with E-state index >= 15 is 0 Å². The number of carbonyl (C=O) groups excluding carboxylic acids is 2. The van der Waals surface area contributed by atoms with E-state index in [1.54, 1.807) is 0 Å². The number of aliphatic hydroxyl groups is 2. The van der Waals surface area contributed by atoms with Crippen molar-refractivity contribution >= 4 is 12.8 Å². The predicted octanol–water partition coefficient (Wildman–Crippen LogP) is 0.818. The molecule has 0 aromatic carbocycles. The van der Waals surface area contributed by atoms with E-state index in [2.05, 4.69) is 13.2 Å². The topological polar surface area (TPSA) is 81.1 Å². The van der Waals surface area contributed by atoms with Crippen molar-refractivity contribution in [1.82, 2.24) is 9.80 Å². The van der Waals surface area contributed by atoms with E-state index in [4.69, 9.17) is 0 Å². The first kappa shape index (κ1) is 18.3. The lowest BCUT2D eigenvalue weighted by molar-refractivity contribution is -0.126. The number of nitrogens with zero attached hydrogens (tertiary/aromatic N) is 2. The Morgan fingerprint density at radius 2 is 1.45 bits per heavy atom. The molecule has 6 heteroatoms. The predicted molar refractivity (Wildman–Crippen MR) is 76.1 cm³/mol. The Morgan fingerprint density at radius 1 is 1.00 bits per heavy atom. The van der Waals surface area contributed by atoms with Gasteiger partial charge in [0.05, 0.1) is 12.2 Å². The monoisotopic (exact) mass is 284 g/mol. The van der Waals surface area contributed by atoms with Gasteiger partial charge in [-0.15, -0.1) is 0 Å². The van der Waals surface area contributed by atoms with Crippen molar-refractivity contribution in [1.29, 1.82) is 0 Å². The van der Waals surface area contributed by atoms with Gasteiger partial charge in [-0.1, -0.05) is 20.1 Å². The summed E-state index contributed by atoms with van der Waals surface area (Å²) in [7, 11) is 0. The minimum Gasteiger partial charge on any atom is -0.393 e. The summed E-state index contributed by atoms with van der Waals surface area (Å²) >= 11 is 0. The smallest absolute Gasteiger partial charge is 0.215 e. The number of hydrogen-bond acceptors (Lipinski definition) is 4. The maximum absolute atomic E-state index is 11.0. The molecular weight excluding hydrogens is 260 g/mol. The summed E-state index contributed by atoms with van der Waals surface area (Å²) < 4.78 is 0. The van der Waals surface area contributed by atoms with Gasteiger partial charge in [-0.05, 0) is 19.3 Å². The van der Waals surface area contributed by atoms with Crippen LogP contribution in [-0.4, -0.2) is 51.2 Å². The Kier molecular flexibility index (Phi) is 9.32. The molecule has 2 amide bonds. The van der Waals surface area contributed by atoms with Crippen LogP contribution in [0, 0.1) is 0 Å². The molecule has 114 valence electrons. The fraction of sp³-hybridized carbons (Fsp3) is 0.571. The zero-order chi connectivity index (χ0) is 15.5. The minimum absolute atomic E-state index is 0.159. The maximum atomic E-state index is 11.0. The summed E-state index contributed by atoms with van der Waals surface area (Å²) in [6.45, 7) is 8.85. The lowest BCUT2D eigenvalue weighted by Gasteiger charge is -2.32. The van der Waals surface area contributed by atoms with Gasteiger partial charge in [0.2, 0.25) is 12.8 Å². The molecule has 0 aromatic heterocycles. The van der Waals surface area contributed by atoms with Crippen LogP contribution in [-0.2, 0) is 9.59 Å². The van der Waals surface area contributed by atoms with E-state index < -0.39 is 18.4 Å². The van der Waals surface area contributed by atoms with Gasteiger partial charge in [-0.3, -0.25) is 9.59 Å². The first-order chi connectivity index (χ1) is 9.53.